The molecular formula is C29H26BrN3O7. The number of carbonyl (C=O) groups excluding carboxylic acids is 4. The molecule has 5 rings (SSSR count). The molecule has 1 saturated heterocycles. The second kappa shape index (κ2) is 10.4. The molecule has 10 nitrogen and oxygen atoms in total. The molecule has 2 aromatic rings. The number of fused-ring (bicyclic) bond motifs is 1. The van der Waals surface area contributed by atoms with Crippen LogP contribution in [0.5, 0.6) is 0 Å². The summed E-state index contributed by atoms with van der Waals surface area (Å²) in [5, 5.41) is 0. The van der Waals surface area contributed by atoms with Crippen LogP contribution in [0.3, 0.4) is 0 Å². The van der Waals surface area contributed by atoms with Crippen molar-refractivity contribution < 1.29 is 33.4 Å². The molecule has 3 aliphatic rings. The fourth-order valence-corrected chi connectivity index (χ4v) is 6.29. The Bertz CT molecular complexity index is 1500. The predicted molar refractivity (Wildman–Crippen MR) is 149 cm³/mol. The van der Waals surface area contributed by atoms with Crippen molar-refractivity contribution in [2.75, 3.05) is 32.8 Å². The number of para-hydroxylation sites is 1. The minimum absolute atomic E-state index is 0.0299. The van der Waals surface area contributed by atoms with Gasteiger partial charge in [0.05, 0.1) is 38.4 Å². The number of amides is 1. The summed E-state index contributed by atoms with van der Waals surface area (Å²) in [6, 6.07) is 12.1. The van der Waals surface area contributed by atoms with Gasteiger partial charge in [0, 0.05) is 22.3 Å². The van der Waals surface area contributed by atoms with E-state index in [-0.39, 0.29) is 30.1 Å². The maximum absolute atomic E-state index is 14.1. The van der Waals surface area contributed by atoms with E-state index in [2.05, 4.69) is 27.5 Å². The average molecular weight is 608 g/mol. The van der Waals surface area contributed by atoms with E-state index in [9.17, 15) is 19.2 Å². The van der Waals surface area contributed by atoms with Crippen LogP contribution in [0.2, 0.25) is 0 Å². The minimum Gasteiger partial charge on any atom is -0.467 e. The van der Waals surface area contributed by atoms with Gasteiger partial charge in [-0.15, -0.1) is 6.58 Å². The monoisotopic (exact) mass is 607 g/mol. The molecule has 0 bridgehead atoms. The Morgan fingerprint density at radius 3 is 2.33 bits per heavy atom. The van der Waals surface area contributed by atoms with Gasteiger partial charge in [-0.1, -0.05) is 40.2 Å². The Balaban J connectivity index is 1.86. The summed E-state index contributed by atoms with van der Waals surface area (Å²) in [5.41, 5.74) is 0.263. The number of ether oxygens (including phenoxy) is 3. The molecule has 11 heteroatoms. The quantitative estimate of drug-likeness (QED) is 0.279. The van der Waals surface area contributed by atoms with Crippen molar-refractivity contribution >= 4 is 51.3 Å². The number of benzene rings is 2. The van der Waals surface area contributed by atoms with Crippen LogP contribution in [-0.2, 0) is 34.0 Å². The van der Waals surface area contributed by atoms with Crippen LogP contribution < -0.4 is 4.90 Å². The predicted octanol–water partition coefficient (Wildman–Crippen LogP) is 3.16. The molecule has 0 radical (unpaired) electrons. The molecule has 1 spiro atoms. The van der Waals surface area contributed by atoms with Crippen molar-refractivity contribution in [3.63, 3.8) is 0 Å². The summed E-state index contributed by atoms with van der Waals surface area (Å²) >= 11 is 3.38. The van der Waals surface area contributed by atoms with E-state index in [1.165, 1.54) is 26.2 Å². The summed E-state index contributed by atoms with van der Waals surface area (Å²) < 4.78 is 16.1. The molecule has 206 valence electrons. The third-order valence-corrected chi connectivity index (χ3v) is 8.09. The van der Waals surface area contributed by atoms with Crippen molar-refractivity contribution in [2.24, 2.45) is 4.99 Å². The smallest absolute Gasteiger partial charge is 0.357 e. The Hall–Kier alpha value is -4.25. The minimum atomic E-state index is -1.19. The number of likely N-dealkylation sites (tertiary alicyclic amines) is 1. The number of anilines is 1. The summed E-state index contributed by atoms with van der Waals surface area (Å²) in [7, 11) is 3.63. The van der Waals surface area contributed by atoms with Crippen LogP contribution in [0.15, 0.2) is 81.9 Å². The Labute approximate surface area is 239 Å². The number of hydrogen-bond acceptors (Lipinski definition) is 9. The molecule has 0 aliphatic carbocycles. The van der Waals surface area contributed by atoms with Crippen molar-refractivity contribution in [1.29, 1.82) is 0 Å². The highest BCUT2D eigenvalue weighted by molar-refractivity contribution is 9.10. The maximum Gasteiger partial charge on any atom is 0.357 e. The number of nitrogens with zero attached hydrogens (tertiary/aromatic N) is 3. The molecular weight excluding hydrogens is 582 g/mol. The highest BCUT2D eigenvalue weighted by Gasteiger charge is 2.67. The number of rotatable bonds is 6. The van der Waals surface area contributed by atoms with Gasteiger partial charge in [-0.3, -0.25) is 9.69 Å². The summed E-state index contributed by atoms with van der Waals surface area (Å²) in [6.45, 7) is 4.17. The van der Waals surface area contributed by atoms with Gasteiger partial charge in [0.1, 0.15) is 11.9 Å². The second-order valence-electron chi connectivity index (χ2n) is 9.44. The lowest BCUT2D eigenvalue weighted by molar-refractivity contribution is -0.144. The molecule has 0 aromatic heterocycles. The highest BCUT2D eigenvalue weighted by Crippen LogP contribution is 2.57. The number of hydrogen-bond donors (Lipinski definition) is 0. The lowest BCUT2D eigenvalue weighted by Crippen LogP contribution is -2.55. The molecule has 40 heavy (non-hydrogen) atoms. The van der Waals surface area contributed by atoms with Crippen molar-refractivity contribution in [1.82, 2.24) is 4.90 Å². The number of methoxy groups -OCH3 is 3. The Morgan fingerprint density at radius 1 is 1.02 bits per heavy atom. The molecule has 3 atom stereocenters. The zero-order chi connectivity index (χ0) is 28.8. The van der Waals surface area contributed by atoms with Crippen LogP contribution in [0.4, 0.5) is 5.69 Å². The largest absolute Gasteiger partial charge is 0.467 e. The maximum atomic E-state index is 14.1. The van der Waals surface area contributed by atoms with E-state index in [4.69, 9.17) is 14.2 Å². The fourth-order valence-electron chi connectivity index (χ4n) is 6.03. The van der Waals surface area contributed by atoms with Gasteiger partial charge in [0.25, 0.3) is 5.91 Å². The lowest BCUT2D eigenvalue weighted by atomic mass is 9.69. The van der Waals surface area contributed by atoms with E-state index >= 15 is 0 Å². The van der Waals surface area contributed by atoms with E-state index in [0.717, 1.165) is 15.7 Å². The summed E-state index contributed by atoms with van der Waals surface area (Å²) in [5.74, 6) is -2.68. The number of halogens is 1. The third kappa shape index (κ3) is 3.87. The van der Waals surface area contributed by atoms with Crippen LogP contribution in [-0.4, -0.2) is 74.5 Å². The van der Waals surface area contributed by atoms with Gasteiger partial charge in [0.2, 0.25) is 0 Å². The van der Waals surface area contributed by atoms with Crippen LogP contribution in [0, 0.1) is 0 Å². The zero-order valence-corrected chi connectivity index (χ0v) is 23.6. The summed E-state index contributed by atoms with van der Waals surface area (Å²) in [4.78, 5) is 61.8. The highest BCUT2D eigenvalue weighted by atomic mass is 79.9. The lowest BCUT2D eigenvalue weighted by Gasteiger charge is -2.40. The Morgan fingerprint density at radius 2 is 1.70 bits per heavy atom. The molecule has 3 aliphatic heterocycles. The zero-order valence-electron chi connectivity index (χ0n) is 22.0. The first-order valence-corrected chi connectivity index (χ1v) is 13.2. The van der Waals surface area contributed by atoms with Gasteiger partial charge >= 0.3 is 17.9 Å². The molecule has 1 amide bonds. The van der Waals surface area contributed by atoms with E-state index in [1.54, 1.807) is 30.3 Å². The van der Waals surface area contributed by atoms with Crippen LogP contribution >= 0.6 is 15.9 Å². The van der Waals surface area contributed by atoms with Gasteiger partial charge in [-0.2, -0.15) is 0 Å². The van der Waals surface area contributed by atoms with Gasteiger partial charge in [-0.25, -0.2) is 19.4 Å². The Kier molecular flexibility index (Phi) is 7.09. The molecule has 3 heterocycles. The van der Waals surface area contributed by atoms with E-state index in [0.29, 0.717) is 5.56 Å². The molecule has 0 saturated carbocycles. The van der Waals surface area contributed by atoms with Crippen molar-refractivity contribution in [3.8, 4) is 0 Å². The first kappa shape index (κ1) is 27.3. The van der Waals surface area contributed by atoms with E-state index in [1.807, 2.05) is 29.2 Å². The standard InChI is InChI=1S/C29H26BrN3O7/c1-5-14-32-19-9-7-6-8-18(19)29-15-20(25(35)38-2)33(24(34)16-10-12-17(30)13-11-16)28(29)31-22(27(37)40-4)21(23(29)32)26(36)39-3/h5-13,20,23H,1,14-15H2,2-4H3/t20-,23+,29-/m0/s1. The van der Waals surface area contributed by atoms with E-state index < -0.39 is 41.3 Å². The van der Waals surface area contributed by atoms with Crippen LogP contribution in [0.1, 0.15) is 22.3 Å². The van der Waals surface area contributed by atoms with Gasteiger partial charge in [-0.05, 0) is 42.3 Å². The third-order valence-electron chi connectivity index (χ3n) is 7.57. The SMILES string of the molecule is C=CCN1c2ccccc2[C@]23C[C@@H](C(=O)OC)N(C(=O)c4ccc(Br)cc4)C2=NC(C(=O)OC)=C(C(=O)OC)[C@@H]13. The summed E-state index contributed by atoms with van der Waals surface area (Å²) in [6.07, 6.45) is 1.72. The topological polar surface area (TPSA) is 115 Å². The molecule has 2 aromatic carbocycles. The van der Waals surface area contributed by atoms with Crippen molar-refractivity contribution in [2.45, 2.75) is 23.9 Å². The average Bonchev–Trinajstić information content (AvgIpc) is 3.47. The number of esters is 3. The van der Waals surface area contributed by atoms with Gasteiger partial charge in [0.15, 0.2) is 5.70 Å². The second-order valence-corrected chi connectivity index (χ2v) is 10.4. The number of aliphatic imine (C=N–C) groups is 1. The fraction of sp³-hybridized carbons (Fsp3) is 0.276. The molecule has 0 N–H and O–H groups in total. The van der Waals surface area contributed by atoms with Crippen molar-refractivity contribution in [3.05, 3.63) is 88.1 Å². The number of carbonyl (C=O) groups is 4. The molecule has 0 unspecified atom stereocenters. The number of amidine groups is 1. The van der Waals surface area contributed by atoms with Crippen LogP contribution in [0.25, 0.3) is 0 Å². The van der Waals surface area contributed by atoms with Gasteiger partial charge < -0.3 is 19.1 Å². The molecule has 1 fully saturated rings. The first-order valence-electron chi connectivity index (χ1n) is 12.4. The first-order chi connectivity index (χ1) is 19.2. The normalized spacial score (nSPS) is 22.6.